The monoisotopic (exact) mass is 707 g/mol. The quantitative estimate of drug-likeness (QED) is 0.0281. The van der Waals surface area contributed by atoms with E-state index in [4.69, 9.17) is 13.8 Å². The van der Waals surface area contributed by atoms with Gasteiger partial charge >= 0.3 is 19.8 Å². The third-order valence-electron chi connectivity index (χ3n) is 8.40. The number of carboxylic acid groups (broad SMARTS) is 1. The van der Waals surface area contributed by atoms with E-state index in [0.717, 1.165) is 38.5 Å². The lowest BCUT2D eigenvalue weighted by Crippen LogP contribution is -2.43. The molecule has 12 heteroatoms. The average Bonchev–Trinajstić information content (AvgIpc) is 3.05. The Kier molecular flexibility index (Phi) is 31.6. The smallest absolute Gasteiger partial charge is 0.472 e. The summed E-state index contributed by atoms with van der Waals surface area (Å²) in [6.45, 7) is 2.55. The normalized spacial score (nSPS) is 13.9. The van der Waals surface area contributed by atoms with Gasteiger partial charge in [-0.1, -0.05) is 155 Å². The fourth-order valence-corrected chi connectivity index (χ4v) is 6.15. The van der Waals surface area contributed by atoms with Gasteiger partial charge in [0.15, 0.2) is 6.04 Å². The van der Waals surface area contributed by atoms with Crippen LogP contribution in [0.5, 0.6) is 0 Å². The maximum atomic E-state index is 12.3. The van der Waals surface area contributed by atoms with Crippen molar-refractivity contribution in [1.29, 1.82) is 0 Å². The van der Waals surface area contributed by atoms with E-state index in [2.05, 4.69) is 19.2 Å². The second-order valence-corrected chi connectivity index (χ2v) is 14.6. The first-order valence-electron chi connectivity index (χ1n) is 19.1. The number of nitrogens with one attached hydrogen (secondary N) is 1. The van der Waals surface area contributed by atoms with E-state index in [1.807, 2.05) is 0 Å². The first kappa shape index (κ1) is 46.5. The summed E-state index contributed by atoms with van der Waals surface area (Å²) in [6.07, 6.45) is 27.2. The Morgan fingerprint density at radius 3 is 1.38 bits per heavy atom. The summed E-state index contributed by atoms with van der Waals surface area (Å²) in [7, 11) is -4.74. The molecule has 284 valence electrons. The Hall–Kier alpha value is -1.52. The van der Waals surface area contributed by atoms with E-state index in [9.17, 15) is 34.1 Å². The van der Waals surface area contributed by atoms with E-state index in [1.165, 1.54) is 103 Å². The van der Waals surface area contributed by atoms with Crippen molar-refractivity contribution < 1.29 is 47.8 Å². The summed E-state index contributed by atoms with van der Waals surface area (Å²) in [5.41, 5.74) is 0. The van der Waals surface area contributed by atoms with Crippen molar-refractivity contribution in [2.24, 2.45) is 0 Å². The fourth-order valence-electron chi connectivity index (χ4n) is 5.37. The lowest BCUT2D eigenvalue weighted by molar-refractivity contribution is -0.147. The number of aliphatic hydroxyl groups is 1. The number of carboxylic acids is 1. The zero-order chi connectivity index (χ0) is 35.7. The van der Waals surface area contributed by atoms with E-state index in [1.54, 1.807) is 0 Å². The zero-order valence-electron chi connectivity index (χ0n) is 30.3. The Balaban J connectivity index is 3.93. The Labute approximate surface area is 291 Å². The molecule has 0 spiro atoms. The molecule has 3 unspecified atom stereocenters. The molecule has 0 radical (unpaired) electrons. The number of phosphoric acid groups is 1. The zero-order valence-corrected chi connectivity index (χ0v) is 31.2. The number of ether oxygens (including phenoxy) is 1. The summed E-state index contributed by atoms with van der Waals surface area (Å²) >= 11 is 0. The predicted octanol–water partition coefficient (Wildman–Crippen LogP) is 8.78. The van der Waals surface area contributed by atoms with Crippen LogP contribution >= 0.6 is 7.82 Å². The minimum Gasteiger partial charge on any atom is -0.480 e. The van der Waals surface area contributed by atoms with Crippen molar-refractivity contribution >= 4 is 25.7 Å². The molecule has 0 heterocycles. The van der Waals surface area contributed by atoms with Gasteiger partial charge in [-0.2, -0.15) is 0 Å². The van der Waals surface area contributed by atoms with E-state index < -0.39 is 57.6 Å². The molecule has 0 saturated carbocycles. The molecule has 4 N–H and O–H groups in total. The largest absolute Gasteiger partial charge is 0.480 e. The summed E-state index contributed by atoms with van der Waals surface area (Å²) in [4.78, 5) is 45.6. The van der Waals surface area contributed by atoms with Crippen LogP contribution in [-0.4, -0.2) is 64.9 Å². The number of phosphoric ester groups is 1. The maximum absolute atomic E-state index is 12.3. The summed E-state index contributed by atoms with van der Waals surface area (Å²) in [5.74, 6) is -2.36. The molecule has 0 aliphatic rings. The van der Waals surface area contributed by atoms with Gasteiger partial charge in [0.25, 0.3) is 0 Å². The number of hydrogen-bond acceptors (Lipinski definition) is 8. The van der Waals surface area contributed by atoms with Crippen LogP contribution in [0, 0.1) is 0 Å². The number of aliphatic hydroxyl groups excluding tert-OH is 1. The van der Waals surface area contributed by atoms with Gasteiger partial charge < -0.3 is 25.2 Å². The lowest BCUT2D eigenvalue weighted by atomic mass is 10.0. The van der Waals surface area contributed by atoms with Crippen LogP contribution in [0.2, 0.25) is 0 Å². The molecule has 1 amide bonds. The summed E-state index contributed by atoms with van der Waals surface area (Å²) in [5, 5.41) is 21.7. The minimum atomic E-state index is -4.74. The highest BCUT2D eigenvalue weighted by atomic mass is 31.2. The van der Waals surface area contributed by atoms with Crippen LogP contribution in [-0.2, 0) is 32.7 Å². The molecule has 0 bridgehead atoms. The SMILES string of the molecule is CCCCCCCCCCCCCCCCCCC(=O)NC(COP(=O)(O)OCC(O)COC(=O)CCCCCCCCCC)C(=O)O. The number of esters is 1. The first-order chi connectivity index (χ1) is 23.1. The molecular formula is C36H70NO10P. The van der Waals surface area contributed by atoms with Crippen molar-refractivity contribution in [2.45, 2.75) is 193 Å². The minimum absolute atomic E-state index is 0.152. The number of unbranched alkanes of at least 4 members (excludes halogenated alkanes) is 22. The molecule has 48 heavy (non-hydrogen) atoms. The molecule has 0 aromatic rings. The number of carbonyl (C=O) groups is 3. The molecule has 0 saturated heterocycles. The van der Waals surface area contributed by atoms with Crippen LogP contribution < -0.4 is 5.32 Å². The lowest BCUT2D eigenvalue weighted by Gasteiger charge is -2.18. The second-order valence-electron chi connectivity index (χ2n) is 13.1. The number of hydrogen-bond donors (Lipinski definition) is 4. The molecule has 0 rings (SSSR count). The van der Waals surface area contributed by atoms with E-state index >= 15 is 0 Å². The van der Waals surface area contributed by atoms with Gasteiger partial charge in [-0.3, -0.25) is 18.6 Å². The van der Waals surface area contributed by atoms with Gasteiger partial charge in [0.2, 0.25) is 5.91 Å². The number of rotatable bonds is 36. The highest BCUT2D eigenvalue weighted by Crippen LogP contribution is 2.43. The standard InChI is InChI=1S/C36H70NO10P/c1-3-5-7-9-11-13-14-15-16-17-18-19-20-21-23-25-27-34(39)37-33(36(41)42)31-47-48(43,44)46-30-32(38)29-45-35(40)28-26-24-22-12-10-8-6-4-2/h32-33,38H,3-31H2,1-2H3,(H,37,39)(H,41,42)(H,43,44). The Morgan fingerprint density at radius 1 is 0.583 bits per heavy atom. The van der Waals surface area contributed by atoms with Crippen molar-refractivity contribution in [3.8, 4) is 0 Å². The van der Waals surface area contributed by atoms with Crippen LogP contribution in [0.3, 0.4) is 0 Å². The molecule has 0 aromatic heterocycles. The topological polar surface area (TPSA) is 169 Å². The number of amides is 1. The van der Waals surface area contributed by atoms with Crippen LogP contribution in [0.15, 0.2) is 0 Å². The molecular weight excluding hydrogens is 637 g/mol. The molecule has 3 atom stereocenters. The third-order valence-corrected chi connectivity index (χ3v) is 9.35. The maximum Gasteiger partial charge on any atom is 0.472 e. The van der Waals surface area contributed by atoms with Crippen molar-refractivity contribution in [3.63, 3.8) is 0 Å². The van der Waals surface area contributed by atoms with Crippen molar-refractivity contribution in [1.82, 2.24) is 5.32 Å². The van der Waals surface area contributed by atoms with Crippen molar-refractivity contribution in [2.75, 3.05) is 19.8 Å². The molecule has 0 aliphatic heterocycles. The van der Waals surface area contributed by atoms with Gasteiger partial charge in [0.05, 0.1) is 13.2 Å². The van der Waals surface area contributed by atoms with E-state index in [-0.39, 0.29) is 12.8 Å². The van der Waals surface area contributed by atoms with Crippen LogP contribution in [0.1, 0.15) is 181 Å². The van der Waals surface area contributed by atoms with Crippen molar-refractivity contribution in [3.05, 3.63) is 0 Å². The first-order valence-corrected chi connectivity index (χ1v) is 20.6. The third kappa shape index (κ3) is 31.7. The van der Waals surface area contributed by atoms with Crippen LogP contribution in [0.25, 0.3) is 0 Å². The Bertz CT molecular complexity index is 844. The average molecular weight is 708 g/mol. The number of aliphatic carboxylic acids is 1. The Morgan fingerprint density at radius 2 is 0.958 bits per heavy atom. The number of carbonyl (C=O) groups excluding carboxylic acids is 2. The molecule has 0 aliphatic carbocycles. The van der Waals surface area contributed by atoms with E-state index in [0.29, 0.717) is 12.8 Å². The predicted molar refractivity (Wildman–Crippen MR) is 190 cm³/mol. The van der Waals surface area contributed by atoms with Gasteiger partial charge in [-0.15, -0.1) is 0 Å². The highest BCUT2D eigenvalue weighted by molar-refractivity contribution is 7.47. The molecule has 0 fully saturated rings. The van der Waals surface area contributed by atoms with Crippen LogP contribution in [0.4, 0.5) is 0 Å². The summed E-state index contributed by atoms with van der Waals surface area (Å²) < 4.78 is 26.6. The summed E-state index contributed by atoms with van der Waals surface area (Å²) in [6, 6.07) is -1.54. The second kappa shape index (κ2) is 32.7. The van der Waals surface area contributed by atoms with Gasteiger partial charge in [-0.25, -0.2) is 9.36 Å². The fraction of sp³-hybridized carbons (Fsp3) is 0.917. The van der Waals surface area contributed by atoms with Gasteiger partial charge in [0.1, 0.15) is 12.7 Å². The molecule has 0 aromatic carbocycles. The van der Waals surface area contributed by atoms with Gasteiger partial charge in [-0.05, 0) is 12.8 Å². The highest BCUT2D eigenvalue weighted by Gasteiger charge is 2.28. The molecule has 11 nitrogen and oxygen atoms in total. The van der Waals surface area contributed by atoms with Gasteiger partial charge in [0, 0.05) is 12.8 Å².